The van der Waals surface area contributed by atoms with Crippen molar-refractivity contribution >= 4 is 20.2 Å². The zero-order chi connectivity index (χ0) is 32.8. The van der Waals surface area contributed by atoms with Gasteiger partial charge in [-0.3, -0.25) is 9.11 Å². The third kappa shape index (κ3) is 10.4. The van der Waals surface area contributed by atoms with Crippen LogP contribution in [0.15, 0.2) is 88.7 Å². The van der Waals surface area contributed by atoms with Crippen molar-refractivity contribution < 1.29 is 31.0 Å². The molecule has 0 saturated heterocycles. The summed E-state index contributed by atoms with van der Waals surface area (Å²) in [6, 6.07) is 22.6. The largest absolute Gasteiger partial charge is 0.390 e. The van der Waals surface area contributed by atoms with Crippen LogP contribution in [-0.2, 0) is 26.7 Å². The van der Waals surface area contributed by atoms with E-state index in [-0.39, 0.29) is 15.8 Å². The van der Waals surface area contributed by atoms with Crippen molar-refractivity contribution in [3.63, 3.8) is 0 Å². The van der Waals surface area contributed by atoms with Crippen molar-refractivity contribution in [2.45, 2.75) is 80.4 Å². The molecule has 7 rings (SSSR count). The van der Waals surface area contributed by atoms with Gasteiger partial charge in [0.2, 0.25) is 0 Å². The summed E-state index contributed by atoms with van der Waals surface area (Å²) >= 11 is 0. The molecule has 9 nitrogen and oxygen atoms in total. The Balaban J connectivity index is 0.000000176. The highest BCUT2D eigenvalue weighted by atomic mass is 32.2. The summed E-state index contributed by atoms with van der Waals surface area (Å²) in [7, 11) is -8.04. The lowest BCUT2D eigenvalue weighted by molar-refractivity contribution is -0.0181. The molecule has 4 fully saturated rings. The second-order valence-corrected chi connectivity index (χ2v) is 15.7. The van der Waals surface area contributed by atoms with Gasteiger partial charge in [-0.05, 0) is 106 Å². The van der Waals surface area contributed by atoms with Crippen molar-refractivity contribution in [2.24, 2.45) is 29.4 Å². The van der Waals surface area contributed by atoms with Crippen LogP contribution in [0.4, 0.5) is 0 Å². The molecule has 4 bridgehead atoms. The molecule has 0 spiro atoms. The molecule has 4 aliphatic carbocycles. The first kappa shape index (κ1) is 35.2. The van der Waals surface area contributed by atoms with Crippen LogP contribution in [0.3, 0.4) is 0 Å². The standard InChI is InChI=1S/C20H30N2O.2C7H8O3S/c21-18(11-13-4-2-1-3-5-13)19(23)12-22-20-16-7-14-6-15(9-16)10-17(20)8-14;2*1-6-2-4-7(5-3-6)11(8,9)10/h1-5,14-20,22-23H,6-12,21H2;2*2-5H,1H3,(H,8,9,10)/t14?,15?,16?,17?,18-,19+,20?;;/m0../s1. The van der Waals surface area contributed by atoms with E-state index in [0.717, 1.165) is 41.2 Å². The summed E-state index contributed by atoms with van der Waals surface area (Å²) < 4.78 is 59.1. The third-order valence-electron chi connectivity index (χ3n) is 9.24. The van der Waals surface area contributed by atoms with Gasteiger partial charge >= 0.3 is 0 Å². The Kier molecular flexibility index (Phi) is 12.0. The number of hydrogen-bond donors (Lipinski definition) is 5. The van der Waals surface area contributed by atoms with E-state index in [0.29, 0.717) is 12.6 Å². The summed E-state index contributed by atoms with van der Waals surface area (Å²) in [6.07, 6.45) is 7.42. The normalized spacial score (nSPS) is 24.9. The highest BCUT2D eigenvalue weighted by molar-refractivity contribution is 7.86. The van der Waals surface area contributed by atoms with Gasteiger partial charge < -0.3 is 16.2 Å². The van der Waals surface area contributed by atoms with Crippen LogP contribution < -0.4 is 11.1 Å². The zero-order valence-corrected chi connectivity index (χ0v) is 27.5. The summed E-state index contributed by atoms with van der Waals surface area (Å²) in [5, 5.41) is 14.1. The Morgan fingerprint density at radius 1 is 0.711 bits per heavy atom. The lowest BCUT2D eigenvalue weighted by Crippen LogP contribution is -2.56. The van der Waals surface area contributed by atoms with Crippen molar-refractivity contribution in [3.8, 4) is 0 Å². The minimum Gasteiger partial charge on any atom is -0.390 e. The van der Waals surface area contributed by atoms with Crippen molar-refractivity contribution in [3.05, 3.63) is 95.6 Å². The molecule has 0 unspecified atom stereocenters. The SMILES string of the molecule is Cc1ccc(S(=O)(=O)O)cc1.Cc1ccc(S(=O)(=O)O)cc1.N[C@@H](Cc1ccccc1)[C@H](O)CNC1C2CC3CC(C2)CC1C3. The summed E-state index contributed by atoms with van der Waals surface area (Å²) in [4.78, 5) is -0.133. The van der Waals surface area contributed by atoms with Crippen LogP contribution in [0.1, 0.15) is 48.8 Å². The van der Waals surface area contributed by atoms with Crippen LogP contribution >= 0.6 is 0 Å². The average Bonchev–Trinajstić information content (AvgIpc) is 2.97. The van der Waals surface area contributed by atoms with E-state index in [4.69, 9.17) is 14.8 Å². The van der Waals surface area contributed by atoms with E-state index in [1.165, 1.54) is 61.9 Å². The van der Waals surface area contributed by atoms with E-state index < -0.39 is 26.3 Å². The first-order valence-electron chi connectivity index (χ1n) is 15.5. The quantitative estimate of drug-likeness (QED) is 0.213. The Morgan fingerprint density at radius 2 is 1.13 bits per heavy atom. The van der Waals surface area contributed by atoms with Gasteiger partial charge in [-0.15, -0.1) is 0 Å². The van der Waals surface area contributed by atoms with Crippen LogP contribution in [0.2, 0.25) is 0 Å². The Bertz CT molecular complexity index is 1480. The van der Waals surface area contributed by atoms with Crippen molar-refractivity contribution in [2.75, 3.05) is 6.54 Å². The number of nitrogens with two attached hydrogens (primary N) is 1. The maximum Gasteiger partial charge on any atom is 0.294 e. The molecule has 4 saturated carbocycles. The van der Waals surface area contributed by atoms with E-state index in [2.05, 4.69) is 17.4 Å². The number of benzene rings is 3. The third-order valence-corrected chi connectivity index (χ3v) is 11.0. The first-order chi connectivity index (χ1) is 21.2. The molecular weight excluding hydrogens is 613 g/mol. The van der Waals surface area contributed by atoms with Gasteiger partial charge in [0.05, 0.1) is 15.9 Å². The second kappa shape index (κ2) is 15.3. The number of rotatable bonds is 8. The second-order valence-electron chi connectivity index (χ2n) is 12.9. The fourth-order valence-corrected chi connectivity index (χ4v) is 8.07. The van der Waals surface area contributed by atoms with Crippen LogP contribution in [0.25, 0.3) is 0 Å². The summed E-state index contributed by atoms with van der Waals surface area (Å²) in [5.41, 5.74) is 9.33. The number of hydrogen-bond acceptors (Lipinski definition) is 7. The van der Waals surface area contributed by atoms with Gasteiger partial charge in [0.1, 0.15) is 0 Å². The van der Waals surface area contributed by atoms with Gasteiger partial charge in [-0.2, -0.15) is 16.8 Å². The number of nitrogens with one attached hydrogen (secondary N) is 1. The number of aryl methyl sites for hydroxylation is 2. The molecule has 0 radical (unpaired) electrons. The van der Waals surface area contributed by atoms with Gasteiger partial charge in [-0.25, -0.2) is 0 Å². The van der Waals surface area contributed by atoms with E-state index >= 15 is 0 Å². The summed E-state index contributed by atoms with van der Waals surface area (Å²) in [6.45, 7) is 4.32. The lowest BCUT2D eigenvalue weighted by Gasteiger charge is -2.54. The molecule has 0 aromatic heterocycles. The molecule has 0 heterocycles. The topological polar surface area (TPSA) is 167 Å². The lowest BCUT2D eigenvalue weighted by atomic mass is 9.54. The summed E-state index contributed by atoms with van der Waals surface area (Å²) in [5.74, 6) is 3.70. The molecule has 0 aliphatic heterocycles. The van der Waals surface area contributed by atoms with Gasteiger partial charge in [0, 0.05) is 18.6 Å². The number of aliphatic hydroxyl groups excluding tert-OH is 1. The van der Waals surface area contributed by atoms with E-state index in [1.807, 2.05) is 32.0 Å². The molecule has 6 N–H and O–H groups in total. The van der Waals surface area contributed by atoms with E-state index in [9.17, 15) is 21.9 Å². The van der Waals surface area contributed by atoms with Crippen LogP contribution in [0.5, 0.6) is 0 Å². The highest BCUT2D eigenvalue weighted by Crippen LogP contribution is 2.53. The Morgan fingerprint density at radius 3 is 1.53 bits per heavy atom. The maximum atomic E-state index is 10.5. The highest BCUT2D eigenvalue weighted by Gasteiger charge is 2.48. The van der Waals surface area contributed by atoms with Gasteiger partial charge in [0.15, 0.2) is 0 Å². The molecule has 0 amide bonds. The fraction of sp³-hybridized carbons (Fsp3) is 0.471. The van der Waals surface area contributed by atoms with E-state index in [1.54, 1.807) is 24.3 Å². The molecule has 3 aromatic carbocycles. The van der Waals surface area contributed by atoms with Crippen LogP contribution in [-0.4, -0.2) is 55.8 Å². The molecule has 4 aliphatic rings. The minimum absolute atomic E-state index is 0.0666. The zero-order valence-electron chi connectivity index (χ0n) is 25.9. The molecular formula is C34H46N2O7S2. The molecule has 246 valence electrons. The van der Waals surface area contributed by atoms with Crippen molar-refractivity contribution in [1.29, 1.82) is 0 Å². The predicted octanol–water partition coefficient (Wildman–Crippen LogP) is 4.82. The Labute approximate surface area is 267 Å². The Hall–Kier alpha value is -2.64. The molecule has 45 heavy (non-hydrogen) atoms. The molecule has 3 aromatic rings. The van der Waals surface area contributed by atoms with Gasteiger partial charge in [-0.1, -0.05) is 65.7 Å². The molecule has 2 atom stereocenters. The monoisotopic (exact) mass is 658 g/mol. The maximum absolute atomic E-state index is 10.5. The van der Waals surface area contributed by atoms with Crippen molar-refractivity contribution in [1.82, 2.24) is 5.32 Å². The van der Waals surface area contributed by atoms with Gasteiger partial charge in [0.25, 0.3) is 20.2 Å². The van der Waals surface area contributed by atoms with Crippen LogP contribution in [0, 0.1) is 37.5 Å². The smallest absolute Gasteiger partial charge is 0.294 e. The minimum atomic E-state index is -4.02. The number of aliphatic hydroxyl groups is 1. The fourth-order valence-electron chi connectivity index (χ4n) is 7.11. The average molecular weight is 659 g/mol. The first-order valence-corrected chi connectivity index (χ1v) is 18.4. The predicted molar refractivity (Wildman–Crippen MR) is 175 cm³/mol. The molecule has 11 heteroatoms.